The van der Waals surface area contributed by atoms with Crippen LogP contribution in [-0.2, 0) is 4.74 Å². The van der Waals surface area contributed by atoms with Crippen molar-refractivity contribution < 1.29 is 4.74 Å². The highest BCUT2D eigenvalue weighted by Crippen LogP contribution is 2.19. The minimum atomic E-state index is -0.699. The summed E-state index contributed by atoms with van der Waals surface area (Å²) < 4.78 is 5.98. The zero-order valence-corrected chi connectivity index (χ0v) is 10.3. The number of methoxy groups -OCH3 is 1. The Morgan fingerprint density at radius 1 is 1.60 bits per heavy atom. The Labute approximate surface area is 98.2 Å². The molecule has 1 atom stereocenters. The highest BCUT2D eigenvalue weighted by molar-refractivity contribution is 9.10. The van der Waals surface area contributed by atoms with Gasteiger partial charge >= 0.3 is 0 Å². The van der Waals surface area contributed by atoms with Crippen molar-refractivity contribution in [3.8, 4) is 6.07 Å². The Morgan fingerprint density at radius 3 is 2.87 bits per heavy atom. The topological polar surface area (TPSA) is 45.0 Å². The molecule has 1 aromatic carbocycles. The zero-order valence-electron chi connectivity index (χ0n) is 8.75. The lowest BCUT2D eigenvalue weighted by Gasteiger charge is -2.23. The van der Waals surface area contributed by atoms with Crippen LogP contribution < -0.4 is 5.32 Å². The van der Waals surface area contributed by atoms with Gasteiger partial charge in [-0.15, -0.1) is 0 Å². The summed E-state index contributed by atoms with van der Waals surface area (Å²) in [6.45, 7) is 2.15. The molecule has 0 spiro atoms. The van der Waals surface area contributed by atoms with Crippen molar-refractivity contribution in [2.75, 3.05) is 19.0 Å². The summed E-state index contributed by atoms with van der Waals surface area (Å²) in [4.78, 5) is 0. The molecule has 0 saturated carbocycles. The number of hydrogen-bond donors (Lipinski definition) is 1. The fourth-order valence-electron chi connectivity index (χ4n) is 1.27. The molecule has 1 unspecified atom stereocenters. The van der Waals surface area contributed by atoms with Crippen molar-refractivity contribution in [3.05, 3.63) is 28.7 Å². The lowest BCUT2D eigenvalue weighted by Crippen LogP contribution is -2.37. The van der Waals surface area contributed by atoms with E-state index >= 15 is 0 Å². The second-order valence-electron chi connectivity index (χ2n) is 3.51. The first-order valence-electron chi connectivity index (χ1n) is 4.53. The van der Waals surface area contributed by atoms with Gasteiger partial charge in [0, 0.05) is 17.3 Å². The molecule has 0 amide bonds. The van der Waals surface area contributed by atoms with Crippen LogP contribution in [0.2, 0.25) is 0 Å². The molecule has 0 bridgehead atoms. The van der Waals surface area contributed by atoms with Gasteiger partial charge in [0.15, 0.2) is 0 Å². The summed E-state index contributed by atoms with van der Waals surface area (Å²) >= 11 is 3.38. The number of ether oxygens (including phenoxy) is 1. The van der Waals surface area contributed by atoms with Gasteiger partial charge in [-0.25, -0.2) is 0 Å². The summed E-state index contributed by atoms with van der Waals surface area (Å²) in [5.41, 5.74) is 0.195. The molecule has 15 heavy (non-hydrogen) atoms. The molecule has 0 aliphatic carbocycles. The monoisotopic (exact) mass is 268 g/mol. The Balaban J connectivity index is 2.80. The van der Waals surface area contributed by atoms with Gasteiger partial charge in [0.25, 0.3) is 0 Å². The minimum absolute atomic E-state index is 0.343. The van der Waals surface area contributed by atoms with Crippen LogP contribution in [0.1, 0.15) is 6.92 Å². The van der Waals surface area contributed by atoms with Gasteiger partial charge in [-0.05, 0) is 25.1 Å². The molecule has 1 rings (SSSR count). The van der Waals surface area contributed by atoms with Crippen LogP contribution in [0.25, 0.3) is 0 Å². The van der Waals surface area contributed by atoms with E-state index in [1.54, 1.807) is 14.0 Å². The van der Waals surface area contributed by atoms with Crippen LogP contribution in [-0.4, -0.2) is 19.3 Å². The third-order valence-corrected chi connectivity index (χ3v) is 2.42. The molecular formula is C11H13BrN2O. The fraction of sp³-hybridized carbons (Fsp3) is 0.364. The minimum Gasteiger partial charge on any atom is -0.381 e. The van der Waals surface area contributed by atoms with Crippen molar-refractivity contribution in [1.29, 1.82) is 5.26 Å². The molecule has 0 aliphatic rings. The maximum atomic E-state index is 9.04. The summed E-state index contributed by atoms with van der Waals surface area (Å²) in [6.07, 6.45) is 0. The van der Waals surface area contributed by atoms with Gasteiger partial charge < -0.3 is 10.1 Å². The highest BCUT2D eigenvalue weighted by atomic mass is 79.9. The van der Waals surface area contributed by atoms with E-state index < -0.39 is 5.54 Å². The Hall–Kier alpha value is -1.05. The van der Waals surface area contributed by atoms with Crippen LogP contribution in [0.3, 0.4) is 0 Å². The molecular weight excluding hydrogens is 256 g/mol. The maximum absolute atomic E-state index is 9.04. The number of anilines is 1. The molecule has 0 aromatic heterocycles. The molecule has 0 fully saturated rings. The maximum Gasteiger partial charge on any atom is 0.146 e. The number of nitrogens with zero attached hydrogens (tertiary/aromatic N) is 1. The molecule has 4 heteroatoms. The van der Waals surface area contributed by atoms with E-state index in [2.05, 4.69) is 27.3 Å². The number of benzene rings is 1. The Kier molecular flexibility index (Phi) is 4.13. The van der Waals surface area contributed by atoms with Gasteiger partial charge in [-0.1, -0.05) is 22.0 Å². The molecule has 0 aliphatic heterocycles. The van der Waals surface area contributed by atoms with Gasteiger partial charge in [-0.2, -0.15) is 5.26 Å². The van der Waals surface area contributed by atoms with Crippen LogP contribution in [0.15, 0.2) is 28.7 Å². The summed E-state index contributed by atoms with van der Waals surface area (Å²) in [5, 5.41) is 12.2. The number of nitrogens with one attached hydrogen (secondary N) is 1. The summed E-state index contributed by atoms with van der Waals surface area (Å²) in [7, 11) is 1.58. The first-order valence-corrected chi connectivity index (χ1v) is 5.33. The number of hydrogen-bond acceptors (Lipinski definition) is 3. The number of rotatable bonds is 4. The molecule has 80 valence electrons. The van der Waals surface area contributed by atoms with Crippen molar-refractivity contribution in [1.82, 2.24) is 0 Å². The predicted octanol–water partition coefficient (Wildman–Crippen LogP) is 2.79. The van der Waals surface area contributed by atoms with Gasteiger partial charge in [0.05, 0.1) is 12.7 Å². The largest absolute Gasteiger partial charge is 0.381 e. The van der Waals surface area contributed by atoms with Crippen molar-refractivity contribution >= 4 is 21.6 Å². The molecule has 0 heterocycles. The second-order valence-corrected chi connectivity index (χ2v) is 4.43. The number of halogens is 1. The van der Waals surface area contributed by atoms with Crippen LogP contribution in [0.5, 0.6) is 0 Å². The highest BCUT2D eigenvalue weighted by Gasteiger charge is 2.23. The van der Waals surface area contributed by atoms with Crippen molar-refractivity contribution in [3.63, 3.8) is 0 Å². The predicted molar refractivity (Wildman–Crippen MR) is 63.7 cm³/mol. The first kappa shape index (κ1) is 12.0. The Bertz CT molecular complexity index is 375. The van der Waals surface area contributed by atoms with Crippen molar-refractivity contribution in [2.24, 2.45) is 0 Å². The fourth-order valence-corrected chi connectivity index (χ4v) is 1.67. The van der Waals surface area contributed by atoms with E-state index in [1.165, 1.54) is 0 Å². The normalized spacial score (nSPS) is 14.0. The summed E-state index contributed by atoms with van der Waals surface area (Å²) in [6, 6.07) is 9.88. The van der Waals surface area contributed by atoms with Crippen LogP contribution in [0, 0.1) is 11.3 Å². The number of nitriles is 1. The third-order valence-electron chi connectivity index (χ3n) is 1.92. The standard InChI is InChI=1S/C11H13BrN2O/c1-11(7-13,8-15-2)14-10-5-3-4-9(12)6-10/h3-6,14H,8H2,1-2H3. The third kappa shape index (κ3) is 3.54. The van der Waals surface area contributed by atoms with E-state index in [-0.39, 0.29) is 0 Å². The van der Waals surface area contributed by atoms with Gasteiger partial charge in [0.1, 0.15) is 5.54 Å². The SMILES string of the molecule is COCC(C)(C#N)Nc1cccc(Br)c1. The average Bonchev–Trinajstić information content (AvgIpc) is 2.18. The van der Waals surface area contributed by atoms with Gasteiger partial charge in [-0.3, -0.25) is 0 Å². The van der Waals surface area contributed by atoms with E-state index in [9.17, 15) is 0 Å². The van der Waals surface area contributed by atoms with Crippen molar-refractivity contribution in [2.45, 2.75) is 12.5 Å². The average molecular weight is 269 g/mol. The van der Waals surface area contributed by atoms with Crippen LogP contribution in [0.4, 0.5) is 5.69 Å². The molecule has 1 aromatic rings. The van der Waals surface area contributed by atoms with Crippen LogP contribution >= 0.6 is 15.9 Å². The molecule has 3 nitrogen and oxygen atoms in total. The first-order chi connectivity index (χ1) is 7.09. The van der Waals surface area contributed by atoms with Gasteiger partial charge in [0.2, 0.25) is 0 Å². The second kappa shape index (κ2) is 5.15. The van der Waals surface area contributed by atoms with E-state index in [0.29, 0.717) is 6.61 Å². The summed E-state index contributed by atoms with van der Waals surface area (Å²) in [5.74, 6) is 0. The van der Waals surface area contributed by atoms with E-state index in [0.717, 1.165) is 10.2 Å². The quantitative estimate of drug-likeness (QED) is 0.914. The molecule has 0 saturated heterocycles. The molecule has 1 N–H and O–H groups in total. The lowest BCUT2D eigenvalue weighted by atomic mass is 10.1. The molecule has 0 radical (unpaired) electrons. The zero-order chi connectivity index (χ0) is 11.3. The Morgan fingerprint density at radius 2 is 2.33 bits per heavy atom. The lowest BCUT2D eigenvalue weighted by molar-refractivity contribution is 0.171. The smallest absolute Gasteiger partial charge is 0.146 e. The van der Waals surface area contributed by atoms with E-state index in [1.807, 2.05) is 24.3 Å². The van der Waals surface area contributed by atoms with E-state index in [4.69, 9.17) is 10.00 Å².